The van der Waals surface area contributed by atoms with Crippen molar-refractivity contribution < 1.29 is 17.6 Å². The number of imidazole rings is 1. The predicted octanol–water partition coefficient (Wildman–Crippen LogP) is 5.12. The molecule has 0 saturated heterocycles. The van der Waals surface area contributed by atoms with Crippen LogP contribution in [0.4, 0.5) is 17.6 Å². The van der Waals surface area contributed by atoms with Gasteiger partial charge >= 0.3 is 6.18 Å². The molecule has 2 rings (SSSR count). The molecule has 0 bridgehead atoms. The van der Waals surface area contributed by atoms with E-state index in [9.17, 15) is 17.6 Å². The number of alkyl halides is 4. The van der Waals surface area contributed by atoms with E-state index >= 15 is 0 Å². The molecule has 0 fully saturated rings. The quantitative estimate of drug-likeness (QED) is 0.556. The van der Waals surface area contributed by atoms with Crippen molar-refractivity contribution in [2.75, 3.05) is 5.88 Å². The van der Waals surface area contributed by atoms with Gasteiger partial charge in [-0.1, -0.05) is 11.6 Å². The van der Waals surface area contributed by atoms with Crippen LogP contribution >= 0.6 is 23.2 Å². The summed E-state index contributed by atoms with van der Waals surface area (Å²) in [5.41, 5.74) is 0.643. The SMILES string of the molecule is CC(CC(F)(F)F)n1c(CCCl)nc2cc(Cl)c(F)cc21. The van der Waals surface area contributed by atoms with Gasteiger partial charge in [0, 0.05) is 24.4 Å². The third-order valence-electron chi connectivity index (χ3n) is 3.09. The molecule has 0 saturated carbocycles. The molecule has 2 nitrogen and oxygen atoms in total. The van der Waals surface area contributed by atoms with Crippen LogP contribution in [0, 0.1) is 5.82 Å². The van der Waals surface area contributed by atoms with Gasteiger partial charge in [-0.05, 0) is 13.0 Å². The molecule has 0 aliphatic carbocycles. The standard InChI is InChI=1S/C13H12Cl2F4N2/c1-7(6-13(17,18)19)21-11-5-9(16)8(15)4-10(11)20-12(21)2-3-14/h4-5,7H,2-3,6H2,1H3. The van der Waals surface area contributed by atoms with Crippen LogP contribution in [0.5, 0.6) is 0 Å². The molecule has 116 valence electrons. The van der Waals surface area contributed by atoms with Crippen LogP contribution in [0.1, 0.15) is 25.2 Å². The topological polar surface area (TPSA) is 17.8 Å². The molecular formula is C13H12Cl2F4N2. The van der Waals surface area contributed by atoms with Crippen LogP contribution in [0.25, 0.3) is 11.0 Å². The van der Waals surface area contributed by atoms with Crippen LogP contribution in [-0.4, -0.2) is 21.6 Å². The molecule has 1 aromatic heterocycles. The smallest absolute Gasteiger partial charge is 0.325 e. The highest BCUT2D eigenvalue weighted by molar-refractivity contribution is 6.31. The number of hydrogen-bond acceptors (Lipinski definition) is 1. The molecule has 0 radical (unpaired) electrons. The summed E-state index contributed by atoms with van der Waals surface area (Å²) >= 11 is 11.3. The number of halogens is 6. The van der Waals surface area contributed by atoms with Gasteiger partial charge in [-0.25, -0.2) is 9.37 Å². The third-order valence-corrected chi connectivity index (χ3v) is 3.57. The zero-order valence-corrected chi connectivity index (χ0v) is 12.5. The van der Waals surface area contributed by atoms with Crippen molar-refractivity contribution >= 4 is 34.2 Å². The van der Waals surface area contributed by atoms with Gasteiger partial charge < -0.3 is 4.57 Å². The van der Waals surface area contributed by atoms with Crippen LogP contribution in [0.2, 0.25) is 5.02 Å². The molecule has 0 N–H and O–H groups in total. The number of hydrogen-bond donors (Lipinski definition) is 0. The number of benzene rings is 1. The Morgan fingerprint density at radius 1 is 1.33 bits per heavy atom. The fraction of sp³-hybridized carbons (Fsp3) is 0.462. The lowest BCUT2D eigenvalue weighted by atomic mass is 10.2. The normalized spacial score (nSPS) is 13.9. The van der Waals surface area contributed by atoms with Gasteiger partial charge in [-0.15, -0.1) is 11.6 Å². The Bertz CT molecular complexity index is 652. The van der Waals surface area contributed by atoms with Gasteiger partial charge in [-0.2, -0.15) is 13.2 Å². The highest BCUT2D eigenvalue weighted by Gasteiger charge is 2.32. The van der Waals surface area contributed by atoms with E-state index in [-0.39, 0.29) is 22.8 Å². The largest absolute Gasteiger partial charge is 0.391 e. The molecular weight excluding hydrogens is 331 g/mol. The van der Waals surface area contributed by atoms with Crippen molar-refractivity contribution in [2.45, 2.75) is 32.0 Å². The van der Waals surface area contributed by atoms with E-state index in [4.69, 9.17) is 23.2 Å². The lowest BCUT2D eigenvalue weighted by molar-refractivity contribution is -0.141. The summed E-state index contributed by atoms with van der Waals surface area (Å²) in [6.45, 7) is 1.42. The summed E-state index contributed by atoms with van der Waals surface area (Å²) in [4.78, 5) is 4.22. The summed E-state index contributed by atoms with van der Waals surface area (Å²) in [6, 6.07) is 1.50. The van der Waals surface area contributed by atoms with E-state index in [1.807, 2.05) is 0 Å². The number of aromatic nitrogens is 2. The second kappa shape index (κ2) is 6.01. The zero-order chi connectivity index (χ0) is 15.8. The first-order chi connectivity index (χ1) is 9.73. The molecule has 0 amide bonds. The van der Waals surface area contributed by atoms with Gasteiger partial charge in [0.15, 0.2) is 0 Å². The van der Waals surface area contributed by atoms with Crippen LogP contribution in [0.15, 0.2) is 12.1 Å². The first-order valence-corrected chi connectivity index (χ1v) is 7.12. The fourth-order valence-electron chi connectivity index (χ4n) is 2.32. The molecule has 0 spiro atoms. The third kappa shape index (κ3) is 3.61. The number of fused-ring (bicyclic) bond motifs is 1. The maximum atomic E-state index is 13.6. The van der Waals surface area contributed by atoms with E-state index < -0.39 is 24.5 Å². The van der Waals surface area contributed by atoms with Gasteiger partial charge in [-0.3, -0.25) is 0 Å². The van der Waals surface area contributed by atoms with E-state index in [1.165, 1.54) is 17.6 Å². The Labute approximate surface area is 128 Å². The second-order valence-corrected chi connectivity index (χ2v) is 5.55. The molecule has 1 heterocycles. The first kappa shape index (κ1) is 16.4. The molecule has 21 heavy (non-hydrogen) atoms. The van der Waals surface area contributed by atoms with Gasteiger partial charge in [0.2, 0.25) is 0 Å². The summed E-state index contributed by atoms with van der Waals surface area (Å²) in [6.07, 6.45) is -5.06. The molecule has 1 atom stereocenters. The van der Waals surface area contributed by atoms with Crippen molar-refractivity contribution in [3.63, 3.8) is 0 Å². The zero-order valence-electron chi connectivity index (χ0n) is 11.0. The summed E-state index contributed by atoms with van der Waals surface area (Å²) in [7, 11) is 0. The lowest BCUT2D eigenvalue weighted by Gasteiger charge is -2.19. The predicted molar refractivity (Wildman–Crippen MR) is 74.5 cm³/mol. The Kier molecular flexibility index (Phi) is 4.68. The lowest BCUT2D eigenvalue weighted by Crippen LogP contribution is -2.18. The van der Waals surface area contributed by atoms with E-state index in [0.29, 0.717) is 11.3 Å². The van der Waals surface area contributed by atoms with E-state index in [0.717, 1.165) is 6.07 Å². The monoisotopic (exact) mass is 342 g/mol. The molecule has 1 unspecified atom stereocenters. The summed E-state index contributed by atoms with van der Waals surface area (Å²) < 4.78 is 52.8. The Balaban J connectivity index is 2.57. The van der Waals surface area contributed by atoms with Crippen molar-refractivity contribution in [1.82, 2.24) is 9.55 Å². The minimum absolute atomic E-state index is 0.118. The molecule has 2 aromatic rings. The second-order valence-electron chi connectivity index (χ2n) is 4.76. The van der Waals surface area contributed by atoms with Gasteiger partial charge in [0.25, 0.3) is 0 Å². The van der Waals surface area contributed by atoms with Crippen molar-refractivity contribution in [2.24, 2.45) is 0 Å². The van der Waals surface area contributed by atoms with Crippen LogP contribution < -0.4 is 0 Å². The molecule has 0 aliphatic heterocycles. The molecule has 1 aromatic carbocycles. The minimum atomic E-state index is -4.32. The molecule has 8 heteroatoms. The fourth-order valence-corrected chi connectivity index (χ4v) is 2.65. The van der Waals surface area contributed by atoms with Gasteiger partial charge in [0.05, 0.1) is 22.5 Å². The number of aryl methyl sites for hydroxylation is 1. The maximum Gasteiger partial charge on any atom is 0.391 e. The van der Waals surface area contributed by atoms with Crippen LogP contribution in [-0.2, 0) is 6.42 Å². The summed E-state index contributed by atoms with van der Waals surface area (Å²) in [5.74, 6) is -0.0986. The van der Waals surface area contributed by atoms with E-state index in [1.54, 1.807) is 0 Å². The van der Waals surface area contributed by atoms with Crippen molar-refractivity contribution in [1.29, 1.82) is 0 Å². The maximum absolute atomic E-state index is 13.6. The average molecular weight is 343 g/mol. The highest BCUT2D eigenvalue weighted by atomic mass is 35.5. The highest BCUT2D eigenvalue weighted by Crippen LogP contribution is 2.32. The Hall–Kier alpha value is -1.01. The van der Waals surface area contributed by atoms with Crippen LogP contribution in [0.3, 0.4) is 0 Å². The molecule has 0 aliphatic rings. The first-order valence-electron chi connectivity index (χ1n) is 6.21. The Morgan fingerprint density at radius 2 is 2.00 bits per heavy atom. The van der Waals surface area contributed by atoms with Crippen molar-refractivity contribution in [3.8, 4) is 0 Å². The number of rotatable bonds is 4. The number of nitrogens with zero attached hydrogens (tertiary/aromatic N) is 2. The van der Waals surface area contributed by atoms with Gasteiger partial charge in [0.1, 0.15) is 11.6 Å². The van der Waals surface area contributed by atoms with E-state index in [2.05, 4.69) is 4.98 Å². The summed E-state index contributed by atoms with van der Waals surface area (Å²) in [5, 5.41) is -0.118. The Morgan fingerprint density at radius 3 is 2.57 bits per heavy atom. The minimum Gasteiger partial charge on any atom is -0.325 e. The average Bonchev–Trinajstić information content (AvgIpc) is 2.65. The van der Waals surface area contributed by atoms with Crippen molar-refractivity contribution in [3.05, 3.63) is 28.8 Å².